The third-order valence-corrected chi connectivity index (χ3v) is 7.62. The Hall–Kier alpha value is -3.54. The van der Waals surface area contributed by atoms with Crippen molar-refractivity contribution in [2.45, 2.75) is 18.0 Å². The molecule has 0 saturated carbocycles. The van der Waals surface area contributed by atoms with Gasteiger partial charge in [0, 0.05) is 31.2 Å². The van der Waals surface area contributed by atoms with Gasteiger partial charge in [-0.15, -0.1) is 11.3 Å². The van der Waals surface area contributed by atoms with Gasteiger partial charge in [-0.3, -0.25) is 9.20 Å². The number of carbonyl (C=O) groups excluding carboxylic acids is 1. The summed E-state index contributed by atoms with van der Waals surface area (Å²) < 4.78 is 39.6. The monoisotopic (exact) mass is 499 g/mol. The Labute approximate surface area is 199 Å². The number of sulfonamides is 1. The standard InChI is InChI=1S/C23H21N3O6S2/c1-25(14-16-6-4-3-5-7-16)34(29,30)20-12-17(8-9-19(20)31-2)22(28)32-15-18-13-21(27)26-10-11-33-23(26)24-18/h3-13H,14-15H2,1-2H3. The number of esters is 1. The summed E-state index contributed by atoms with van der Waals surface area (Å²) in [6.45, 7) is -0.0854. The highest BCUT2D eigenvalue weighted by Gasteiger charge is 2.26. The van der Waals surface area contributed by atoms with Crippen LogP contribution in [0.15, 0.2) is 75.9 Å². The maximum absolute atomic E-state index is 13.3. The normalized spacial score (nSPS) is 11.6. The Balaban J connectivity index is 1.55. The van der Waals surface area contributed by atoms with E-state index in [1.807, 2.05) is 30.3 Å². The molecule has 0 amide bonds. The SMILES string of the molecule is COc1ccc(C(=O)OCc2cc(=O)n3ccsc3n2)cc1S(=O)(=O)N(C)Cc1ccccc1. The maximum atomic E-state index is 13.3. The van der Waals surface area contributed by atoms with Crippen LogP contribution in [-0.4, -0.2) is 42.2 Å². The van der Waals surface area contributed by atoms with Gasteiger partial charge in [-0.1, -0.05) is 30.3 Å². The molecule has 2 aromatic heterocycles. The summed E-state index contributed by atoms with van der Waals surface area (Å²) >= 11 is 1.28. The molecular weight excluding hydrogens is 478 g/mol. The smallest absolute Gasteiger partial charge is 0.338 e. The van der Waals surface area contributed by atoms with E-state index < -0.39 is 16.0 Å². The number of aromatic nitrogens is 2. The molecule has 0 spiro atoms. The Kier molecular flexibility index (Phi) is 6.77. The fourth-order valence-corrected chi connectivity index (χ4v) is 5.36. The Morgan fingerprint density at radius 1 is 1.15 bits per heavy atom. The third-order valence-electron chi connectivity index (χ3n) is 5.04. The zero-order valence-corrected chi connectivity index (χ0v) is 20.0. The number of carbonyl (C=O) groups is 1. The van der Waals surface area contributed by atoms with Crippen LogP contribution in [0.2, 0.25) is 0 Å². The molecule has 0 N–H and O–H groups in total. The molecule has 11 heteroatoms. The molecule has 0 fully saturated rings. The lowest BCUT2D eigenvalue weighted by Crippen LogP contribution is -2.27. The lowest BCUT2D eigenvalue weighted by Gasteiger charge is -2.19. The molecule has 0 unspecified atom stereocenters. The number of rotatable bonds is 8. The number of hydrogen-bond donors (Lipinski definition) is 0. The van der Waals surface area contributed by atoms with Crippen molar-refractivity contribution >= 4 is 32.3 Å². The molecule has 0 aliphatic rings. The van der Waals surface area contributed by atoms with Gasteiger partial charge in [0.05, 0.1) is 18.4 Å². The predicted octanol–water partition coefficient (Wildman–Crippen LogP) is 2.94. The van der Waals surface area contributed by atoms with E-state index in [9.17, 15) is 18.0 Å². The van der Waals surface area contributed by atoms with Crippen LogP contribution < -0.4 is 10.3 Å². The first kappa shape index (κ1) is 23.6. The summed E-state index contributed by atoms with van der Waals surface area (Å²) in [5.74, 6) is -0.646. The van der Waals surface area contributed by atoms with E-state index in [1.165, 1.54) is 58.5 Å². The zero-order valence-electron chi connectivity index (χ0n) is 18.4. The third kappa shape index (κ3) is 4.86. The Morgan fingerprint density at radius 3 is 2.65 bits per heavy atom. The number of benzene rings is 2. The van der Waals surface area contributed by atoms with E-state index in [1.54, 1.807) is 11.6 Å². The molecule has 0 bridgehead atoms. The molecule has 176 valence electrons. The van der Waals surface area contributed by atoms with Crippen molar-refractivity contribution in [3.8, 4) is 5.75 Å². The van der Waals surface area contributed by atoms with Gasteiger partial charge in [-0.2, -0.15) is 4.31 Å². The number of nitrogens with zero attached hydrogens (tertiary/aromatic N) is 3. The van der Waals surface area contributed by atoms with E-state index in [2.05, 4.69) is 4.98 Å². The first-order valence-corrected chi connectivity index (χ1v) is 12.4. The Morgan fingerprint density at radius 2 is 1.91 bits per heavy atom. The number of hydrogen-bond acceptors (Lipinski definition) is 8. The molecule has 2 aromatic carbocycles. The lowest BCUT2D eigenvalue weighted by atomic mass is 10.2. The molecule has 2 heterocycles. The van der Waals surface area contributed by atoms with E-state index in [-0.39, 0.29) is 34.9 Å². The van der Waals surface area contributed by atoms with Crippen molar-refractivity contribution in [2.75, 3.05) is 14.2 Å². The predicted molar refractivity (Wildman–Crippen MR) is 127 cm³/mol. The maximum Gasteiger partial charge on any atom is 0.338 e. The van der Waals surface area contributed by atoms with Crippen LogP contribution >= 0.6 is 11.3 Å². The van der Waals surface area contributed by atoms with Crippen LogP contribution in [0.25, 0.3) is 4.96 Å². The largest absolute Gasteiger partial charge is 0.495 e. The van der Waals surface area contributed by atoms with Crippen molar-refractivity contribution < 1.29 is 22.7 Å². The zero-order chi connectivity index (χ0) is 24.3. The summed E-state index contributed by atoms with van der Waals surface area (Å²) in [4.78, 5) is 29.4. The molecule has 0 aliphatic carbocycles. The number of methoxy groups -OCH3 is 1. The average molecular weight is 500 g/mol. The molecule has 9 nitrogen and oxygen atoms in total. The molecular formula is C23H21N3O6S2. The summed E-state index contributed by atoms with van der Waals surface area (Å²) in [6.07, 6.45) is 1.61. The van der Waals surface area contributed by atoms with Gasteiger partial charge in [-0.05, 0) is 23.8 Å². The highest BCUT2D eigenvalue weighted by molar-refractivity contribution is 7.89. The van der Waals surface area contributed by atoms with Gasteiger partial charge in [0.15, 0.2) is 4.96 Å². The van der Waals surface area contributed by atoms with Gasteiger partial charge in [0.1, 0.15) is 17.3 Å². The number of ether oxygens (including phenoxy) is 2. The first-order chi connectivity index (χ1) is 16.3. The molecule has 0 radical (unpaired) electrons. The molecule has 34 heavy (non-hydrogen) atoms. The van der Waals surface area contributed by atoms with Crippen molar-refractivity contribution in [2.24, 2.45) is 0 Å². The van der Waals surface area contributed by atoms with Gasteiger partial charge >= 0.3 is 5.97 Å². The van der Waals surface area contributed by atoms with Crippen LogP contribution in [-0.2, 0) is 27.9 Å². The van der Waals surface area contributed by atoms with E-state index >= 15 is 0 Å². The van der Waals surface area contributed by atoms with Crippen molar-refractivity contribution in [1.29, 1.82) is 0 Å². The minimum absolute atomic E-state index is 0.0291. The molecule has 0 saturated heterocycles. The van der Waals surface area contributed by atoms with E-state index in [4.69, 9.17) is 9.47 Å². The quantitative estimate of drug-likeness (QED) is 0.343. The minimum atomic E-state index is -3.98. The minimum Gasteiger partial charge on any atom is -0.495 e. The molecule has 4 aromatic rings. The van der Waals surface area contributed by atoms with Crippen LogP contribution in [0.4, 0.5) is 0 Å². The molecule has 0 atom stereocenters. The highest BCUT2D eigenvalue weighted by atomic mass is 32.2. The fraction of sp³-hybridized carbons (Fsp3) is 0.174. The van der Waals surface area contributed by atoms with Crippen LogP contribution in [0.3, 0.4) is 0 Å². The average Bonchev–Trinajstić information content (AvgIpc) is 3.32. The summed E-state index contributed by atoms with van der Waals surface area (Å²) in [7, 11) is -1.17. The summed E-state index contributed by atoms with van der Waals surface area (Å²) in [5, 5.41) is 1.73. The second-order valence-electron chi connectivity index (χ2n) is 7.33. The Bertz CT molecular complexity index is 1500. The molecule has 4 rings (SSSR count). The topological polar surface area (TPSA) is 107 Å². The van der Waals surface area contributed by atoms with Crippen LogP contribution in [0.1, 0.15) is 21.6 Å². The van der Waals surface area contributed by atoms with Crippen molar-refractivity contribution in [3.63, 3.8) is 0 Å². The highest BCUT2D eigenvalue weighted by Crippen LogP contribution is 2.28. The lowest BCUT2D eigenvalue weighted by molar-refractivity contribution is 0.0467. The molecule has 0 aliphatic heterocycles. The van der Waals surface area contributed by atoms with Gasteiger partial charge < -0.3 is 9.47 Å². The van der Waals surface area contributed by atoms with Gasteiger partial charge in [0.25, 0.3) is 5.56 Å². The van der Waals surface area contributed by atoms with Crippen molar-refractivity contribution in [1.82, 2.24) is 13.7 Å². The second kappa shape index (κ2) is 9.75. The van der Waals surface area contributed by atoms with Gasteiger partial charge in [-0.25, -0.2) is 18.2 Å². The van der Waals surface area contributed by atoms with Crippen molar-refractivity contribution in [3.05, 3.63) is 93.3 Å². The second-order valence-corrected chi connectivity index (χ2v) is 10.2. The van der Waals surface area contributed by atoms with E-state index in [0.717, 1.165) is 5.56 Å². The number of fused-ring (bicyclic) bond motifs is 1. The summed E-state index contributed by atoms with van der Waals surface area (Å²) in [6, 6.07) is 14.5. The first-order valence-electron chi connectivity index (χ1n) is 10.1. The van der Waals surface area contributed by atoms with E-state index in [0.29, 0.717) is 10.7 Å². The van der Waals surface area contributed by atoms with Crippen LogP contribution in [0, 0.1) is 0 Å². The fourth-order valence-electron chi connectivity index (χ4n) is 3.28. The summed E-state index contributed by atoms with van der Waals surface area (Å²) in [5.41, 5.74) is 0.858. The number of thiazole rings is 1. The van der Waals surface area contributed by atoms with Crippen LogP contribution in [0.5, 0.6) is 5.75 Å². The van der Waals surface area contributed by atoms with Gasteiger partial charge in [0.2, 0.25) is 10.0 Å².